The smallest absolute Gasteiger partial charge is 0.253 e. The Labute approximate surface area is 129 Å². The van der Waals surface area contributed by atoms with Crippen molar-refractivity contribution in [2.24, 2.45) is 0 Å². The summed E-state index contributed by atoms with van der Waals surface area (Å²) in [5.74, 6) is 0.789. The number of halogens is 2. The van der Waals surface area contributed by atoms with Gasteiger partial charge in [0, 0.05) is 30.2 Å². The van der Waals surface area contributed by atoms with Crippen molar-refractivity contribution in [1.82, 2.24) is 9.88 Å². The molecular weight excluding hydrogens is 286 g/mol. The minimum Gasteiger partial charge on any atom is -0.497 e. The summed E-state index contributed by atoms with van der Waals surface area (Å²) in [5.41, 5.74) is 2.12. The van der Waals surface area contributed by atoms with Gasteiger partial charge in [0.2, 0.25) is 0 Å². The Morgan fingerprint density at radius 1 is 1.41 bits per heavy atom. The van der Waals surface area contributed by atoms with E-state index in [1.165, 1.54) is 0 Å². The van der Waals surface area contributed by atoms with E-state index in [1.807, 2.05) is 24.4 Å². The van der Waals surface area contributed by atoms with Gasteiger partial charge in [-0.05, 0) is 37.1 Å². The Bertz CT molecular complexity index is 624. The van der Waals surface area contributed by atoms with Gasteiger partial charge >= 0.3 is 0 Å². The maximum absolute atomic E-state index is 12.9. The average Bonchev–Trinajstić information content (AvgIpc) is 2.92. The van der Waals surface area contributed by atoms with Crippen molar-refractivity contribution in [3.63, 3.8) is 0 Å². The molecule has 1 aromatic heterocycles. The molecule has 0 aliphatic heterocycles. The topological polar surface area (TPSA) is 28.3 Å². The Hall–Kier alpha value is -1.88. The van der Waals surface area contributed by atoms with Crippen molar-refractivity contribution in [2.75, 3.05) is 20.2 Å². The van der Waals surface area contributed by atoms with Crippen LogP contribution in [0.4, 0.5) is 8.78 Å². The van der Waals surface area contributed by atoms with Crippen LogP contribution in [-0.4, -0.2) is 42.6 Å². The van der Waals surface area contributed by atoms with Crippen molar-refractivity contribution in [3.05, 3.63) is 42.6 Å². The Morgan fingerprint density at radius 3 is 2.82 bits per heavy atom. The fourth-order valence-electron chi connectivity index (χ4n) is 2.54. The van der Waals surface area contributed by atoms with Crippen LogP contribution in [0.2, 0.25) is 0 Å². The molecule has 0 aliphatic carbocycles. The van der Waals surface area contributed by atoms with E-state index in [9.17, 15) is 8.78 Å². The summed E-state index contributed by atoms with van der Waals surface area (Å²) in [4.78, 5) is 4.95. The van der Waals surface area contributed by atoms with Gasteiger partial charge in [-0.3, -0.25) is 4.90 Å². The molecular formula is C17H22F2N2O. The lowest BCUT2D eigenvalue weighted by Gasteiger charge is -2.27. The second kappa shape index (κ2) is 7.40. The Morgan fingerprint density at radius 2 is 2.18 bits per heavy atom. The monoisotopic (exact) mass is 308 g/mol. The lowest BCUT2D eigenvalue weighted by molar-refractivity contribution is 0.0408. The molecule has 0 saturated heterocycles. The first-order valence-electron chi connectivity index (χ1n) is 7.34. The van der Waals surface area contributed by atoms with E-state index < -0.39 is 12.5 Å². The van der Waals surface area contributed by atoms with E-state index in [-0.39, 0.29) is 0 Å². The van der Waals surface area contributed by atoms with Crippen LogP contribution in [0.25, 0.3) is 10.9 Å². The molecule has 1 aromatic carbocycles. The molecule has 0 saturated carbocycles. The predicted molar refractivity (Wildman–Crippen MR) is 85.8 cm³/mol. The third kappa shape index (κ3) is 3.65. The van der Waals surface area contributed by atoms with Crippen LogP contribution in [0.15, 0.2) is 37.1 Å². The number of hydrogen-bond acceptors (Lipinski definition) is 2. The first kappa shape index (κ1) is 16.5. The number of rotatable bonds is 8. The van der Waals surface area contributed by atoms with Gasteiger partial charge in [0.05, 0.1) is 13.2 Å². The van der Waals surface area contributed by atoms with E-state index in [4.69, 9.17) is 4.74 Å². The number of nitrogens with one attached hydrogen (secondary N) is 1. The third-order valence-corrected chi connectivity index (χ3v) is 3.95. The van der Waals surface area contributed by atoms with Crippen LogP contribution in [0.5, 0.6) is 5.75 Å². The number of aromatic nitrogens is 1. The minimum atomic E-state index is -2.36. The lowest BCUT2D eigenvalue weighted by Crippen LogP contribution is -2.39. The molecule has 0 aliphatic rings. The van der Waals surface area contributed by atoms with E-state index in [1.54, 1.807) is 25.0 Å². The highest BCUT2D eigenvalue weighted by atomic mass is 19.3. The van der Waals surface area contributed by atoms with E-state index in [0.29, 0.717) is 19.5 Å². The van der Waals surface area contributed by atoms with Gasteiger partial charge in [0.1, 0.15) is 5.75 Å². The fraction of sp³-hybridized carbons (Fsp3) is 0.412. The molecule has 1 heterocycles. The standard InChI is InChI=1S/C17H22F2N2O/c1-4-8-21(12(2)17(18)19)9-7-13-11-20-16-6-5-14(22-3)10-15(13)16/h4-6,10-12,17,20H,1,7-9H2,2-3H3. The van der Waals surface area contributed by atoms with E-state index in [0.717, 1.165) is 22.2 Å². The van der Waals surface area contributed by atoms with Crippen LogP contribution in [-0.2, 0) is 6.42 Å². The van der Waals surface area contributed by atoms with Gasteiger partial charge in [0.25, 0.3) is 6.43 Å². The summed E-state index contributed by atoms with van der Waals surface area (Å²) in [7, 11) is 1.63. The maximum atomic E-state index is 12.9. The highest BCUT2D eigenvalue weighted by Crippen LogP contribution is 2.24. The average molecular weight is 308 g/mol. The van der Waals surface area contributed by atoms with Crippen LogP contribution >= 0.6 is 0 Å². The fourth-order valence-corrected chi connectivity index (χ4v) is 2.54. The van der Waals surface area contributed by atoms with E-state index >= 15 is 0 Å². The number of aromatic amines is 1. The molecule has 1 unspecified atom stereocenters. The minimum absolute atomic E-state index is 0.456. The molecule has 2 aromatic rings. The summed E-state index contributed by atoms with van der Waals surface area (Å²) < 4.78 is 31.1. The summed E-state index contributed by atoms with van der Waals surface area (Å²) in [6.07, 6.45) is 1.93. The highest BCUT2D eigenvalue weighted by molar-refractivity contribution is 5.84. The molecule has 1 N–H and O–H groups in total. The van der Waals surface area contributed by atoms with Gasteiger partial charge < -0.3 is 9.72 Å². The zero-order valence-electron chi connectivity index (χ0n) is 13.0. The van der Waals surface area contributed by atoms with Gasteiger partial charge in [0.15, 0.2) is 0 Å². The van der Waals surface area contributed by atoms with Crippen LogP contribution in [0.3, 0.4) is 0 Å². The third-order valence-electron chi connectivity index (χ3n) is 3.95. The van der Waals surface area contributed by atoms with Gasteiger partial charge in [-0.2, -0.15) is 0 Å². The summed E-state index contributed by atoms with van der Waals surface area (Å²) in [6.45, 7) is 6.21. The first-order valence-corrected chi connectivity index (χ1v) is 7.34. The largest absolute Gasteiger partial charge is 0.497 e. The van der Waals surface area contributed by atoms with Gasteiger partial charge in [-0.15, -0.1) is 6.58 Å². The Kier molecular flexibility index (Phi) is 5.55. The van der Waals surface area contributed by atoms with Crippen molar-refractivity contribution in [1.29, 1.82) is 0 Å². The van der Waals surface area contributed by atoms with E-state index in [2.05, 4.69) is 11.6 Å². The quantitative estimate of drug-likeness (QED) is 0.750. The van der Waals surface area contributed by atoms with Crippen molar-refractivity contribution in [2.45, 2.75) is 25.8 Å². The molecule has 22 heavy (non-hydrogen) atoms. The molecule has 2 rings (SSSR count). The van der Waals surface area contributed by atoms with Gasteiger partial charge in [-0.25, -0.2) is 8.78 Å². The number of alkyl halides is 2. The van der Waals surface area contributed by atoms with Crippen molar-refractivity contribution < 1.29 is 13.5 Å². The number of H-pyrrole nitrogens is 1. The Balaban J connectivity index is 2.13. The zero-order valence-corrected chi connectivity index (χ0v) is 13.0. The van der Waals surface area contributed by atoms with Gasteiger partial charge in [-0.1, -0.05) is 6.08 Å². The molecule has 3 nitrogen and oxygen atoms in total. The maximum Gasteiger partial charge on any atom is 0.253 e. The summed E-state index contributed by atoms with van der Waals surface area (Å²) in [5, 5.41) is 1.07. The molecule has 0 bridgehead atoms. The second-order valence-electron chi connectivity index (χ2n) is 5.33. The number of methoxy groups -OCH3 is 1. The molecule has 0 radical (unpaired) electrons. The molecule has 120 valence electrons. The predicted octanol–water partition coefficient (Wildman–Crippen LogP) is 3.86. The first-order chi connectivity index (χ1) is 10.6. The lowest BCUT2D eigenvalue weighted by atomic mass is 10.1. The van der Waals surface area contributed by atoms with Crippen LogP contribution in [0, 0.1) is 0 Å². The molecule has 0 fully saturated rings. The van der Waals surface area contributed by atoms with Crippen molar-refractivity contribution in [3.8, 4) is 5.75 Å². The molecule has 0 amide bonds. The van der Waals surface area contributed by atoms with Crippen LogP contribution in [0.1, 0.15) is 12.5 Å². The normalized spacial score (nSPS) is 13.0. The molecule has 1 atom stereocenters. The number of nitrogens with zero attached hydrogens (tertiary/aromatic N) is 1. The number of benzene rings is 1. The SMILES string of the molecule is C=CCN(CCc1c[nH]c2ccc(OC)cc12)C(C)C(F)F. The number of hydrogen-bond donors (Lipinski definition) is 1. The second-order valence-corrected chi connectivity index (χ2v) is 5.33. The van der Waals surface area contributed by atoms with Crippen molar-refractivity contribution >= 4 is 10.9 Å². The molecule has 5 heteroatoms. The van der Waals surface area contributed by atoms with Crippen LogP contribution < -0.4 is 4.74 Å². The molecule has 0 spiro atoms. The highest BCUT2D eigenvalue weighted by Gasteiger charge is 2.21. The zero-order chi connectivity index (χ0) is 16.1. The summed E-state index contributed by atoms with van der Waals surface area (Å²) in [6, 6.07) is 5.04. The summed E-state index contributed by atoms with van der Waals surface area (Å²) >= 11 is 0. The number of fused-ring (bicyclic) bond motifs is 1. The number of ether oxygens (including phenoxy) is 1.